The van der Waals surface area contributed by atoms with E-state index in [1.807, 2.05) is 5.87 Å². The molecular formula is C4HKN4. The van der Waals surface area contributed by atoms with Crippen molar-refractivity contribution in [2.45, 2.75) is 0 Å². The van der Waals surface area contributed by atoms with Crippen molar-refractivity contribution in [1.82, 2.24) is 0 Å². The molecule has 0 fully saturated rings. The van der Waals surface area contributed by atoms with E-state index in [4.69, 9.17) is 16.4 Å². The van der Waals surface area contributed by atoms with Gasteiger partial charge in [0.25, 0.3) is 0 Å². The monoisotopic (exact) mass is 144 g/mol. The molecule has 38 valence electrons. The van der Waals surface area contributed by atoms with Crippen molar-refractivity contribution >= 4 is 5.87 Å². The Balaban J connectivity index is 0. The van der Waals surface area contributed by atoms with Crippen molar-refractivity contribution < 1.29 is 51.4 Å². The van der Waals surface area contributed by atoms with E-state index in [0.717, 1.165) is 0 Å². The van der Waals surface area contributed by atoms with Gasteiger partial charge in [0, 0.05) is 0 Å². The van der Waals surface area contributed by atoms with Gasteiger partial charge >= 0.3 is 51.4 Å². The molecule has 0 saturated heterocycles. The molecule has 0 rings (SSSR count). The molecular weight excluding hydrogens is 143 g/mol. The molecule has 0 atom stereocenters. The van der Waals surface area contributed by atoms with Crippen molar-refractivity contribution in [1.29, 1.82) is 10.5 Å². The third-order valence-electron chi connectivity index (χ3n) is 0.391. The van der Waals surface area contributed by atoms with Gasteiger partial charge in [-0.05, 0) is 5.87 Å². The molecule has 0 amide bonds. The summed E-state index contributed by atoms with van der Waals surface area (Å²) in [6.07, 6.45) is 0. The summed E-state index contributed by atoms with van der Waals surface area (Å²) in [5.41, 5.74) is -0.278. The summed E-state index contributed by atoms with van der Waals surface area (Å²) < 4.78 is 0. The number of nitriles is 2. The first kappa shape index (κ1) is 11.6. The van der Waals surface area contributed by atoms with Gasteiger partial charge in [0.15, 0.2) is 5.57 Å². The fraction of sp³-hybridized carbons (Fsp3) is 0. The van der Waals surface area contributed by atoms with E-state index >= 15 is 0 Å². The molecule has 0 unspecified atom stereocenters. The molecule has 0 saturated carbocycles. The fourth-order valence-corrected chi connectivity index (χ4v) is 0.131. The van der Waals surface area contributed by atoms with Crippen LogP contribution in [-0.2, 0) is 0 Å². The zero-order valence-corrected chi connectivity index (χ0v) is 7.96. The maximum atomic E-state index is 7.94. The second kappa shape index (κ2) is 7.87. The minimum Gasteiger partial charge on any atom is -0.608 e. The van der Waals surface area contributed by atoms with Gasteiger partial charge < -0.3 is 10.9 Å². The molecule has 0 aliphatic carbocycles. The normalized spacial score (nSPS) is 4.67. The van der Waals surface area contributed by atoms with Crippen LogP contribution in [0, 0.1) is 22.7 Å². The molecule has 5 heteroatoms. The Morgan fingerprint density at radius 3 is 1.89 bits per heavy atom. The van der Waals surface area contributed by atoms with Gasteiger partial charge in [0.2, 0.25) is 0 Å². The first-order chi connectivity index (χ1) is 3.85. The average Bonchev–Trinajstić information content (AvgIpc) is 1.83. The predicted octanol–water partition coefficient (Wildman–Crippen LogP) is -2.40. The Morgan fingerprint density at radius 1 is 1.33 bits per heavy atom. The molecule has 0 aromatic rings. The van der Waals surface area contributed by atoms with Crippen LogP contribution in [-0.4, -0.2) is 5.87 Å². The van der Waals surface area contributed by atoms with Crippen LogP contribution >= 0.6 is 0 Å². The standard InChI is InChI=1S/C4HN4.K/c5-1-4(2-6)3-8-7;/h7H;/q-1;+1. The molecule has 0 aliphatic heterocycles. The van der Waals surface area contributed by atoms with Gasteiger partial charge in [-0.1, -0.05) is 0 Å². The zero-order chi connectivity index (χ0) is 6.41. The van der Waals surface area contributed by atoms with E-state index in [9.17, 15) is 0 Å². The van der Waals surface area contributed by atoms with Crippen LogP contribution in [0.25, 0.3) is 5.84 Å². The quantitative estimate of drug-likeness (QED) is 0.164. The van der Waals surface area contributed by atoms with Crippen molar-refractivity contribution in [2.75, 3.05) is 0 Å². The van der Waals surface area contributed by atoms with Gasteiger partial charge in [0.05, 0.1) is 0 Å². The molecule has 1 N–H and O–H groups in total. The van der Waals surface area contributed by atoms with Crippen molar-refractivity contribution in [3.05, 3.63) is 11.4 Å². The Hall–Kier alpha value is -0.134. The second-order valence-electron chi connectivity index (χ2n) is 0.822. The van der Waals surface area contributed by atoms with Gasteiger partial charge in [-0.2, -0.15) is 10.5 Å². The number of nitrogens with zero attached hydrogens (tertiary/aromatic N) is 3. The summed E-state index contributed by atoms with van der Waals surface area (Å²) in [5, 5.41) is 18.5. The summed E-state index contributed by atoms with van der Waals surface area (Å²) >= 11 is 0. The molecule has 4 nitrogen and oxygen atoms in total. The third-order valence-corrected chi connectivity index (χ3v) is 0.391. The molecule has 0 aromatic heterocycles. The molecule has 0 radical (unpaired) electrons. The van der Waals surface area contributed by atoms with Crippen LogP contribution in [0.2, 0.25) is 0 Å². The van der Waals surface area contributed by atoms with E-state index in [-0.39, 0.29) is 57.0 Å². The van der Waals surface area contributed by atoms with Gasteiger partial charge in [-0.3, -0.25) is 0 Å². The Morgan fingerprint density at radius 2 is 1.78 bits per heavy atom. The van der Waals surface area contributed by atoms with Gasteiger partial charge in [-0.25, -0.2) is 0 Å². The van der Waals surface area contributed by atoms with Crippen LogP contribution in [0.4, 0.5) is 0 Å². The Kier molecular flexibility index (Phi) is 10.2. The molecule has 0 heterocycles. The first-order valence-electron chi connectivity index (χ1n) is 1.64. The molecule has 0 bridgehead atoms. The van der Waals surface area contributed by atoms with Crippen LogP contribution in [0.3, 0.4) is 0 Å². The maximum Gasteiger partial charge on any atom is 1.00 e. The van der Waals surface area contributed by atoms with E-state index in [1.54, 1.807) is 0 Å². The second-order valence-corrected chi connectivity index (χ2v) is 0.822. The number of rotatable bonds is 0. The number of hydrogen-bond acceptors (Lipinski definition) is 3. The topological polar surface area (TPSA) is 83.7 Å². The Labute approximate surface area is 95.1 Å². The summed E-state index contributed by atoms with van der Waals surface area (Å²) in [6, 6.07) is 2.97. The zero-order valence-electron chi connectivity index (χ0n) is 4.84. The largest absolute Gasteiger partial charge is 1.00 e. The van der Waals surface area contributed by atoms with Crippen molar-refractivity contribution in [3.8, 4) is 12.1 Å². The first-order valence-corrected chi connectivity index (χ1v) is 1.64. The minimum atomic E-state index is -0.278. The van der Waals surface area contributed by atoms with E-state index in [0.29, 0.717) is 0 Å². The van der Waals surface area contributed by atoms with Crippen LogP contribution in [0.15, 0.2) is 10.7 Å². The summed E-state index contributed by atoms with van der Waals surface area (Å²) in [6.45, 7) is 0. The van der Waals surface area contributed by atoms with Crippen molar-refractivity contribution in [2.24, 2.45) is 5.10 Å². The maximum absolute atomic E-state index is 7.94. The summed E-state index contributed by atoms with van der Waals surface area (Å²) in [5.74, 6) is 8.00. The average molecular weight is 144 g/mol. The summed E-state index contributed by atoms with van der Waals surface area (Å²) in [4.78, 5) is 0. The Bertz CT molecular complexity index is 196. The van der Waals surface area contributed by atoms with Crippen LogP contribution in [0.1, 0.15) is 0 Å². The predicted molar refractivity (Wildman–Crippen MR) is 26.5 cm³/mol. The molecule has 0 spiro atoms. The molecule has 9 heavy (non-hydrogen) atoms. The van der Waals surface area contributed by atoms with E-state index < -0.39 is 0 Å². The smallest absolute Gasteiger partial charge is 0.608 e. The number of hydrogen-bond donors (Lipinski definition) is 0. The minimum absolute atomic E-state index is 0. The van der Waals surface area contributed by atoms with Crippen molar-refractivity contribution in [3.63, 3.8) is 0 Å². The SMILES string of the molecule is N#CC(=C=N[NH-])C#N.[K+]. The van der Waals surface area contributed by atoms with Crippen LogP contribution < -0.4 is 51.4 Å². The fourth-order valence-electron chi connectivity index (χ4n) is 0.131. The summed E-state index contributed by atoms with van der Waals surface area (Å²) in [7, 11) is 0. The number of nitrogens with one attached hydrogen (secondary N) is 1. The third kappa shape index (κ3) is 5.74. The van der Waals surface area contributed by atoms with Gasteiger partial charge in [-0.15, -0.1) is 0 Å². The number of allylic oxidation sites excluding steroid dienone is 1. The van der Waals surface area contributed by atoms with E-state index in [2.05, 4.69) is 5.10 Å². The molecule has 0 aromatic carbocycles. The van der Waals surface area contributed by atoms with Gasteiger partial charge in [0.1, 0.15) is 12.1 Å². The molecule has 0 aliphatic rings. The van der Waals surface area contributed by atoms with Crippen LogP contribution in [0.5, 0.6) is 0 Å². The van der Waals surface area contributed by atoms with E-state index in [1.165, 1.54) is 12.1 Å².